The highest BCUT2D eigenvalue weighted by molar-refractivity contribution is 14.0. The second-order valence-corrected chi connectivity index (χ2v) is 7.43. The summed E-state index contributed by atoms with van der Waals surface area (Å²) in [7, 11) is 0. The second kappa shape index (κ2) is 13.8. The van der Waals surface area contributed by atoms with Crippen LogP contribution in [-0.4, -0.2) is 45.1 Å². The molecule has 2 aromatic rings. The maximum absolute atomic E-state index is 4.60. The topological polar surface area (TPSA) is 80.0 Å². The fourth-order valence-corrected chi connectivity index (χ4v) is 3.17. The molecule has 9 heteroatoms. The minimum absolute atomic E-state index is 0. The van der Waals surface area contributed by atoms with Crippen LogP contribution in [0.5, 0.6) is 0 Å². The summed E-state index contributed by atoms with van der Waals surface area (Å²) in [5.74, 6) is 2.45. The van der Waals surface area contributed by atoms with Gasteiger partial charge < -0.3 is 15.2 Å². The summed E-state index contributed by atoms with van der Waals surface area (Å²) < 4.78 is 2.25. The Bertz CT molecular complexity index is 704. The van der Waals surface area contributed by atoms with E-state index in [9.17, 15) is 0 Å². The van der Waals surface area contributed by atoms with E-state index in [-0.39, 0.29) is 24.0 Å². The first-order valence-electron chi connectivity index (χ1n) is 9.52. The lowest BCUT2D eigenvalue weighted by molar-refractivity contribution is 0.477. The molecule has 0 saturated carbocycles. The van der Waals surface area contributed by atoms with Crippen LogP contribution in [0.2, 0.25) is 0 Å². The van der Waals surface area contributed by atoms with Gasteiger partial charge in [-0.15, -0.1) is 34.2 Å². The van der Waals surface area contributed by atoms with Crippen LogP contribution in [0.15, 0.2) is 34.5 Å². The van der Waals surface area contributed by atoms with Crippen LogP contribution in [0, 0.1) is 5.92 Å². The Balaban J connectivity index is 0.00000392. The molecule has 2 aromatic heterocycles. The van der Waals surface area contributed by atoms with Crippen molar-refractivity contribution in [2.75, 3.05) is 19.3 Å². The molecule has 2 N–H and O–H groups in total. The van der Waals surface area contributed by atoms with Crippen molar-refractivity contribution in [2.24, 2.45) is 10.9 Å². The molecular formula is C19H32IN7S. The first-order valence-corrected chi connectivity index (χ1v) is 10.7. The van der Waals surface area contributed by atoms with Crippen molar-refractivity contribution in [3.8, 4) is 0 Å². The summed E-state index contributed by atoms with van der Waals surface area (Å²) in [6, 6.07) is 5.88. The van der Waals surface area contributed by atoms with E-state index < -0.39 is 0 Å². The van der Waals surface area contributed by atoms with Gasteiger partial charge in [-0.3, -0.25) is 4.98 Å². The van der Waals surface area contributed by atoms with E-state index in [1.54, 1.807) is 18.0 Å². The van der Waals surface area contributed by atoms with E-state index in [0.29, 0.717) is 12.5 Å². The Labute approximate surface area is 189 Å². The number of guanidine groups is 1. The zero-order chi connectivity index (χ0) is 19.5. The van der Waals surface area contributed by atoms with Gasteiger partial charge in [-0.25, -0.2) is 4.99 Å². The van der Waals surface area contributed by atoms with Crippen LogP contribution in [-0.2, 0) is 19.5 Å². The number of nitrogens with one attached hydrogen (secondary N) is 2. The molecule has 0 radical (unpaired) electrons. The number of pyridine rings is 1. The quantitative estimate of drug-likeness (QED) is 0.166. The van der Waals surface area contributed by atoms with Gasteiger partial charge >= 0.3 is 0 Å². The van der Waals surface area contributed by atoms with Crippen molar-refractivity contribution in [3.63, 3.8) is 0 Å². The third-order valence-corrected chi connectivity index (χ3v) is 4.53. The van der Waals surface area contributed by atoms with Gasteiger partial charge in [-0.05, 0) is 37.7 Å². The Morgan fingerprint density at radius 3 is 2.71 bits per heavy atom. The number of nitrogens with zero attached hydrogens (tertiary/aromatic N) is 5. The molecule has 0 aliphatic rings. The fraction of sp³-hybridized carbons (Fsp3) is 0.579. The standard InChI is InChI=1S/C19H31N7S.HI/c1-5-20-18(23-13-16-9-6-7-11-21-16)22-12-8-10-17-24-25-19(27-4)26(17)14-15(2)3;/h6-7,9,11,15H,5,8,10,12-14H2,1-4H3,(H2,20,22,23);1H. The maximum atomic E-state index is 4.60. The van der Waals surface area contributed by atoms with Gasteiger partial charge in [0.1, 0.15) is 5.82 Å². The molecule has 2 rings (SSSR count). The number of thioether (sulfide) groups is 1. The number of hydrogen-bond donors (Lipinski definition) is 2. The smallest absolute Gasteiger partial charge is 0.191 e. The third kappa shape index (κ3) is 8.34. The zero-order valence-corrected chi connectivity index (χ0v) is 20.3. The average molecular weight is 517 g/mol. The summed E-state index contributed by atoms with van der Waals surface area (Å²) in [5.41, 5.74) is 0.959. The Kier molecular flexibility index (Phi) is 12.1. The first kappa shape index (κ1) is 24.7. The van der Waals surface area contributed by atoms with Crippen molar-refractivity contribution in [1.29, 1.82) is 0 Å². The highest BCUT2D eigenvalue weighted by Crippen LogP contribution is 2.16. The molecule has 0 aliphatic heterocycles. The van der Waals surface area contributed by atoms with Gasteiger partial charge in [0.15, 0.2) is 11.1 Å². The van der Waals surface area contributed by atoms with Crippen molar-refractivity contribution >= 4 is 41.7 Å². The average Bonchev–Trinajstić information content (AvgIpc) is 3.05. The summed E-state index contributed by atoms with van der Waals surface area (Å²) in [6.07, 6.45) is 5.71. The highest BCUT2D eigenvalue weighted by atomic mass is 127. The molecule has 156 valence electrons. The molecule has 0 spiro atoms. The molecule has 2 heterocycles. The first-order chi connectivity index (χ1) is 13.1. The van der Waals surface area contributed by atoms with Gasteiger partial charge in [0.2, 0.25) is 0 Å². The second-order valence-electron chi connectivity index (χ2n) is 6.65. The highest BCUT2D eigenvalue weighted by Gasteiger charge is 2.12. The number of halogens is 1. The van der Waals surface area contributed by atoms with Gasteiger partial charge in [-0.1, -0.05) is 31.7 Å². The normalized spacial score (nSPS) is 11.4. The largest absolute Gasteiger partial charge is 0.357 e. The molecule has 0 amide bonds. The van der Waals surface area contributed by atoms with Crippen molar-refractivity contribution in [2.45, 2.75) is 51.9 Å². The van der Waals surface area contributed by atoms with E-state index in [4.69, 9.17) is 0 Å². The monoisotopic (exact) mass is 517 g/mol. The van der Waals surface area contributed by atoms with Crippen LogP contribution in [0.3, 0.4) is 0 Å². The number of aliphatic imine (C=N–C) groups is 1. The van der Waals surface area contributed by atoms with E-state index in [1.807, 2.05) is 24.5 Å². The van der Waals surface area contributed by atoms with Crippen LogP contribution >= 0.6 is 35.7 Å². The van der Waals surface area contributed by atoms with Gasteiger partial charge in [-0.2, -0.15) is 0 Å². The minimum atomic E-state index is 0. The lowest BCUT2D eigenvalue weighted by atomic mass is 10.2. The van der Waals surface area contributed by atoms with Crippen LogP contribution in [0.4, 0.5) is 0 Å². The minimum Gasteiger partial charge on any atom is -0.357 e. The number of rotatable bonds is 10. The number of aromatic nitrogens is 4. The predicted molar refractivity (Wildman–Crippen MR) is 127 cm³/mol. The zero-order valence-electron chi connectivity index (χ0n) is 17.2. The molecule has 0 saturated heterocycles. The van der Waals surface area contributed by atoms with Crippen LogP contribution in [0.1, 0.15) is 38.7 Å². The van der Waals surface area contributed by atoms with Gasteiger partial charge in [0.05, 0.1) is 12.2 Å². The van der Waals surface area contributed by atoms with E-state index in [1.165, 1.54) is 0 Å². The molecule has 0 atom stereocenters. The van der Waals surface area contributed by atoms with Crippen molar-refractivity contribution in [3.05, 3.63) is 35.9 Å². The SMILES string of the molecule is CCNC(=NCc1ccccn1)NCCCc1nnc(SC)n1CC(C)C.I. The molecule has 0 bridgehead atoms. The van der Waals surface area contributed by atoms with E-state index in [2.05, 4.69) is 56.1 Å². The lowest BCUT2D eigenvalue weighted by Crippen LogP contribution is -2.38. The molecule has 0 aliphatic carbocycles. The lowest BCUT2D eigenvalue weighted by Gasteiger charge is -2.13. The summed E-state index contributed by atoms with van der Waals surface area (Å²) in [5, 5.41) is 16.4. The molecular weight excluding hydrogens is 485 g/mol. The number of hydrogen-bond acceptors (Lipinski definition) is 5. The Morgan fingerprint density at radius 2 is 2.07 bits per heavy atom. The summed E-state index contributed by atoms with van der Waals surface area (Å²) in [6.45, 7) is 9.68. The molecule has 0 unspecified atom stereocenters. The molecule has 0 fully saturated rings. The summed E-state index contributed by atoms with van der Waals surface area (Å²) in [4.78, 5) is 8.91. The van der Waals surface area contributed by atoms with Crippen molar-refractivity contribution < 1.29 is 0 Å². The fourth-order valence-electron chi connectivity index (χ4n) is 2.65. The van der Waals surface area contributed by atoms with E-state index >= 15 is 0 Å². The third-order valence-electron chi connectivity index (χ3n) is 3.86. The van der Waals surface area contributed by atoms with E-state index in [0.717, 1.165) is 55.1 Å². The van der Waals surface area contributed by atoms with Crippen LogP contribution in [0.25, 0.3) is 0 Å². The Morgan fingerprint density at radius 1 is 1.25 bits per heavy atom. The predicted octanol–water partition coefficient (Wildman–Crippen LogP) is 3.36. The Hall–Kier alpha value is -1.36. The summed E-state index contributed by atoms with van der Waals surface area (Å²) >= 11 is 1.65. The molecule has 0 aromatic carbocycles. The van der Waals surface area contributed by atoms with Gasteiger partial charge in [0.25, 0.3) is 0 Å². The molecule has 28 heavy (non-hydrogen) atoms. The van der Waals surface area contributed by atoms with Crippen molar-refractivity contribution in [1.82, 2.24) is 30.4 Å². The van der Waals surface area contributed by atoms with Crippen LogP contribution < -0.4 is 10.6 Å². The molecule has 7 nitrogen and oxygen atoms in total. The maximum Gasteiger partial charge on any atom is 0.191 e. The van der Waals surface area contributed by atoms with Gasteiger partial charge in [0, 0.05) is 32.3 Å². The number of aryl methyl sites for hydroxylation is 1.